The summed E-state index contributed by atoms with van der Waals surface area (Å²) in [6, 6.07) is 8.89. The van der Waals surface area contributed by atoms with Gasteiger partial charge in [0.25, 0.3) is 5.91 Å². The first kappa shape index (κ1) is 25.0. The number of hydrogen-bond acceptors (Lipinski definition) is 6. The number of sulfone groups is 1. The van der Waals surface area contributed by atoms with Crippen molar-refractivity contribution in [2.45, 2.75) is 31.6 Å². The van der Waals surface area contributed by atoms with E-state index in [1.54, 1.807) is 24.3 Å². The van der Waals surface area contributed by atoms with Crippen molar-refractivity contribution in [3.8, 4) is 11.5 Å². The SMILES string of the molecule is CCOc1cc(Br)c(N2C(=NC(=O)Cc3ccc(F)cc3)S[C@@H]3CS(=O)(=O)C[C@@H]32)cc1OCC. The Morgan fingerprint density at radius 3 is 2.44 bits per heavy atom. The highest BCUT2D eigenvalue weighted by molar-refractivity contribution is 9.10. The van der Waals surface area contributed by atoms with Crippen molar-refractivity contribution in [1.82, 2.24) is 0 Å². The number of thioether (sulfide) groups is 1. The smallest absolute Gasteiger partial charge is 0.252 e. The monoisotopic (exact) mass is 570 g/mol. The number of halogens is 2. The molecule has 2 aliphatic heterocycles. The second-order valence-corrected chi connectivity index (χ2v) is 12.1. The Labute approximate surface area is 210 Å². The van der Waals surface area contributed by atoms with Crippen LogP contribution in [0.1, 0.15) is 19.4 Å². The summed E-state index contributed by atoms with van der Waals surface area (Å²) < 4.78 is 50.1. The maximum atomic E-state index is 13.2. The maximum absolute atomic E-state index is 13.2. The molecule has 2 heterocycles. The molecule has 34 heavy (non-hydrogen) atoms. The van der Waals surface area contributed by atoms with Gasteiger partial charge in [-0.05, 0) is 47.5 Å². The number of rotatable bonds is 7. The van der Waals surface area contributed by atoms with Crippen molar-refractivity contribution in [3.05, 3.63) is 52.3 Å². The second kappa shape index (κ2) is 10.2. The van der Waals surface area contributed by atoms with E-state index in [1.807, 2.05) is 18.7 Å². The average molecular weight is 571 g/mol. The van der Waals surface area contributed by atoms with Gasteiger partial charge in [-0.25, -0.2) is 12.8 Å². The molecule has 0 saturated carbocycles. The number of nitrogens with zero attached hydrogens (tertiary/aromatic N) is 2. The molecule has 2 fully saturated rings. The molecule has 0 aliphatic carbocycles. The summed E-state index contributed by atoms with van der Waals surface area (Å²) in [6.07, 6.45) is 0.0143. The van der Waals surface area contributed by atoms with Gasteiger partial charge in [0.05, 0.1) is 42.9 Å². The largest absolute Gasteiger partial charge is 0.490 e. The number of carbonyl (C=O) groups is 1. The number of amidine groups is 1. The molecule has 2 atom stereocenters. The summed E-state index contributed by atoms with van der Waals surface area (Å²) in [6.45, 7) is 4.62. The summed E-state index contributed by atoms with van der Waals surface area (Å²) in [5.74, 6) is 0.312. The van der Waals surface area contributed by atoms with Crippen molar-refractivity contribution in [3.63, 3.8) is 0 Å². The van der Waals surface area contributed by atoms with Crippen molar-refractivity contribution in [2.75, 3.05) is 29.6 Å². The molecule has 2 saturated heterocycles. The van der Waals surface area contributed by atoms with Crippen molar-refractivity contribution >= 4 is 54.3 Å². The molecular formula is C23H24BrFN2O5S2. The zero-order chi connectivity index (χ0) is 24.5. The molecule has 4 rings (SSSR count). The number of ether oxygens (including phenoxy) is 2. The number of carbonyl (C=O) groups excluding carboxylic acids is 1. The first-order chi connectivity index (χ1) is 16.2. The Hall–Kier alpha value is -2.11. The maximum Gasteiger partial charge on any atom is 0.252 e. The van der Waals surface area contributed by atoms with Gasteiger partial charge in [-0.2, -0.15) is 4.99 Å². The van der Waals surface area contributed by atoms with Crippen LogP contribution in [-0.4, -0.2) is 55.5 Å². The van der Waals surface area contributed by atoms with Crippen molar-refractivity contribution in [2.24, 2.45) is 4.99 Å². The van der Waals surface area contributed by atoms with Crippen molar-refractivity contribution < 1.29 is 27.1 Å². The van der Waals surface area contributed by atoms with Gasteiger partial charge in [0.15, 0.2) is 26.5 Å². The minimum Gasteiger partial charge on any atom is -0.490 e. The third-order valence-electron chi connectivity index (χ3n) is 5.43. The third-order valence-corrected chi connectivity index (χ3v) is 9.27. The lowest BCUT2D eigenvalue weighted by atomic mass is 10.1. The van der Waals surface area contributed by atoms with E-state index in [9.17, 15) is 17.6 Å². The molecule has 0 unspecified atom stereocenters. The van der Waals surface area contributed by atoms with Crippen molar-refractivity contribution in [1.29, 1.82) is 0 Å². The van der Waals surface area contributed by atoms with Gasteiger partial charge in [-0.1, -0.05) is 23.9 Å². The fourth-order valence-electron chi connectivity index (χ4n) is 4.01. The van der Waals surface area contributed by atoms with Gasteiger partial charge in [-0.15, -0.1) is 0 Å². The first-order valence-electron chi connectivity index (χ1n) is 10.8. The van der Waals surface area contributed by atoms with Crippen LogP contribution in [0, 0.1) is 5.82 Å². The van der Waals surface area contributed by atoms with E-state index in [2.05, 4.69) is 20.9 Å². The summed E-state index contributed by atoms with van der Waals surface area (Å²) >= 11 is 4.87. The first-order valence-corrected chi connectivity index (χ1v) is 14.3. The highest BCUT2D eigenvalue weighted by Gasteiger charge is 2.50. The van der Waals surface area contributed by atoms with E-state index >= 15 is 0 Å². The summed E-state index contributed by atoms with van der Waals surface area (Å²) in [5, 5.41) is 0.195. The molecule has 182 valence electrons. The second-order valence-electron chi connectivity index (χ2n) is 7.88. The molecule has 0 N–H and O–H groups in total. The molecule has 1 amide bonds. The zero-order valence-corrected chi connectivity index (χ0v) is 21.9. The molecule has 2 aliphatic rings. The Bertz CT molecular complexity index is 1220. The average Bonchev–Trinajstić information content (AvgIpc) is 3.22. The molecule has 0 bridgehead atoms. The van der Waals surface area contributed by atoms with E-state index in [0.717, 1.165) is 0 Å². The Kier molecular flexibility index (Phi) is 7.54. The minimum absolute atomic E-state index is 0.0143. The number of fused-ring (bicyclic) bond motifs is 1. The number of anilines is 1. The molecule has 11 heteroatoms. The van der Waals surface area contributed by atoms with Gasteiger partial charge >= 0.3 is 0 Å². The predicted octanol–water partition coefficient (Wildman–Crippen LogP) is 4.23. The third kappa shape index (κ3) is 5.41. The number of aliphatic imine (C=N–C) groups is 1. The van der Waals surface area contributed by atoms with Crippen LogP contribution in [0.4, 0.5) is 10.1 Å². The van der Waals surface area contributed by atoms with Crippen LogP contribution in [0.5, 0.6) is 11.5 Å². The Morgan fingerprint density at radius 1 is 1.15 bits per heavy atom. The van der Waals surface area contributed by atoms with Crippen LogP contribution in [0.3, 0.4) is 0 Å². The summed E-state index contributed by atoms with van der Waals surface area (Å²) in [5.41, 5.74) is 1.30. The van der Waals surface area contributed by atoms with Crippen LogP contribution in [0.25, 0.3) is 0 Å². The van der Waals surface area contributed by atoms with Gasteiger partial charge < -0.3 is 14.4 Å². The fourth-order valence-corrected chi connectivity index (χ4v) is 8.45. The van der Waals surface area contributed by atoms with E-state index in [1.165, 1.54) is 23.9 Å². The Balaban J connectivity index is 1.71. The lowest BCUT2D eigenvalue weighted by molar-refractivity contribution is -0.117. The zero-order valence-electron chi connectivity index (χ0n) is 18.7. The predicted molar refractivity (Wildman–Crippen MR) is 135 cm³/mol. The molecule has 7 nitrogen and oxygen atoms in total. The number of amides is 1. The lowest BCUT2D eigenvalue weighted by Crippen LogP contribution is -2.38. The van der Waals surface area contributed by atoms with Crippen LogP contribution in [0.2, 0.25) is 0 Å². The van der Waals surface area contributed by atoms with Crippen LogP contribution in [-0.2, 0) is 21.1 Å². The van der Waals surface area contributed by atoms with E-state index in [0.29, 0.717) is 45.6 Å². The molecule has 2 aromatic rings. The highest BCUT2D eigenvalue weighted by Crippen LogP contribution is 2.46. The van der Waals surface area contributed by atoms with E-state index in [4.69, 9.17) is 9.47 Å². The topological polar surface area (TPSA) is 85.3 Å². The van der Waals surface area contributed by atoms with Gasteiger partial charge in [0.1, 0.15) is 5.82 Å². The Morgan fingerprint density at radius 2 is 1.79 bits per heavy atom. The molecule has 0 spiro atoms. The molecule has 0 radical (unpaired) electrons. The van der Waals surface area contributed by atoms with Crippen LogP contribution >= 0.6 is 27.7 Å². The summed E-state index contributed by atoms with van der Waals surface area (Å²) in [7, 11) is -3.21. The van der Waals surface area contributed by atoms with E-state index < -0.39 is 15.7 Å². The minimum atomic E-state index is -3.21. The van der Waals surface area contributed by atoms with Gasteiger partial charge in [-0.3, -0.25) is 4.79 Å². The number of benzene rings is 2. The molecule has 0 aromatic heterocycles. The fraction of sp³-hybridized carbons (Fsp3) is 0.391. The summed E-state index contributed by atoms with van der Waals surface area (Å²) in [4.78, 5) is 18.9. The normalized spacial score (nSPS) is 22.1. The number of hydrogen-bond donors (Lipinski definition) is 0. The van der Waals surface area contributed by atoms with Gasteiger partial charge in [0, 0.05) is 21.9 Å². The molecular weight excluding hydrogens is 547 g/mol. The quantitative estimate of drug-likeness (QED) is 0.492. The van der Waals surface area contributed by atoms with Gasteiger partial charge in [0.2, 0.25) is 0 Å². The lowest BCUT2D eigenvalue weighted by Gasteiger charge is -2.27. The van der Waals surface area contributed by atoms with Crippen LogP contribution in [0.15, 0.2) is 45.9 Å². The standard InChI is InChI=1S/C23H24BrFN2O5S2/c1-3-31-19-10-16(24)17(11-20(19)32-4-2)27-18-12-34(29,30)13-21(18)33-23(27)26-22(28)9-14-5-7-15(25)8-6-14/h5-8,10-11,18,21H,3-4,9,12-13H2,1-2H3/t18-,21+/m0/s1. The van der Waals surface area contributed by atoms with E-state index in [-0.39, 0.29) is 35.0 Å². The van der Waals surface area contributed by atoms with Crippen LogP contribution < -0.4 is 14.4 Å². The molecule has 2 aromatic carbocycles. The highest BCUT2D eigenvalue weighted by atomic mass is 79.9.